The number of nitrogens with two attached hydrogens (primary N) is 1. The highest BCUT2D eigenvalue weighted by Crippen LogP contribution is 2.21. The fraction of sp³-hybridized carbons (Fsp3) is 0.667. The fourth-order valence-electron chi connectivity index (χ4n) is 1.95. The third kappa shape index (κ3) is 7.92. The van der Waals surface area contributed by atoms with Gasteiger partial charge in [-0.2, -0.15) is 0 Å². The summed E-state index contributed by atoms with van der Waals surface area (Å²) in [6.45, 7) is 5.48. The number of hydrogen-bond acceptors (Lipinski definition) is 5. The highest BCUT2D eigenvalue weighted by molar-refractivity contribution is 7.91. The molecule has 0 aliphatic rings. The summed E-state index contributed by atoms with van der Waals surface area (Å²) in [7, 11) is -3.44. The summed E-state index contributed by atoms with van der Waals surface area (Å²) >= 11 is 1.24. The third-order valence-electron chi connectivity index (χ3n) is 3.11. The lowest BCUT2D eigenvalue weighted by molar-refractivity contribution is -0.121. The standard InChI is InChI=1S/C15H27N3O3S2/c1-12(2)11-14(19)17-10-7-13-5-6-15(22-13)23(20,21)18-9-4-3-8-16/h5-6,12,18H,3-4,7-11,16H2,1-2H3,(H,17,19). The topological polar surface area (TPSA) is 101 Å². The lowest BCUT2D eigenvalue weighted by Gasteiger charge is -2.06. The average molecular weight is 362 g/mol. The molecule has 0 spiro atoms. The van der Waals surface area contributed by atoms with E-state index in [0.29, 0.717) is 42.6 Å². The Bertz CT molecular complexity index is 583. The Kier molecular flexibility index (Phi) is 8.75. The minimum absolute atomic E-state index is 0.0333. The molecule has 0 saturated heterocycles. The molecule has 1 heterocycles. The molecule has 0 aliphatic carbocycles. The minimum Gasteiger partial charge on any atom is -0.356 e. The predicted octanol–water partition coefficient (Wildman–Crippen LogP) is 1.47. The smallest absolute Gasteiger partial charge is 0.250 e. The Morgan fingerprint density at radius 1 is 1.26 bits per heavy atom. The molecule has 6 nitrogen and oxygen atoms in total. The fourth-order valence-corrected chi connectivity index (χ4v) is 4.43. The van der Waals surface area contributed by atoms with Gasteiger partial charge in [-0.25, -0.2) is 13.1 Å². The van der Waals surface area contributed by atoms with Gasteiger partial charge in [0, 0.05) is 24.4 Å². The van der Waals surface area contributed by atoms with Gasteiger partial charge in [0.2, 0.25) is 15.9 Å². The van der Waals surface area contributed by atoms with Crippen molar-refractivity contribution in [1.29, 1.82) is 0 Å². The van der Waals surface area contributed by atoms with E-state index < -0.39 is 10.0 Å². The van der Waals surface area contributed by atoms with Crippen molar-refractivity contribution in [2.45, 2.75) is 43.7 Å². The first-order valence-electron chi connectivity index (χ1n) is 7.90. The number of unbranched alkanes of at least 4 members (excludes halogenated alkanes) is 1. The number of amides is 1. The molecule has 1 aromatic rings. The van der Waals surface area contributed by atoms with Crippen molar-refractivity contribution in [3.8, 4) is 0 Å². The first-order valence-corrected chi connectivity index (χ1v) is 10.2. The SMILES string of the molecule is CC(C)CC(=O)NCCc1ccc(S(=O)(=O)NCCCCN)s1. The van der Waals surface area contributed by atoms with Crippen LogP contribution in [0.3, 0.4) is 0 Å². The molecule has 1 rings (SSSR count). The Labute approximate surface area is 142 Å². The van der Waals surface area contributed by atoms with E-state index in [9.17, 15) is 13.2 Å². The van der Waals surface area contributed by atoms with Crippen LogP contribution in [0.4, 0.5) is 0 Å². The molecule has 4 N–H and O–H groups in total. The second-order valence-electron chi connectivity index (χ2n) is 5.81. The van der Waals surface area contributed by atoms with Crippen LogP contribution in [0.2, 0.25) is 0 Å². The van der Waals surface area contributed by atoms with Crippen LogP contribution >= 0.6 is 11.3 Å². The summed E-state index contributed by atoms with van der Waals surface area (Å²) in [5, 5.41) is 2.85. The molecule has 0 bridgehead atoms. The molecule has 0 aromatic carbocycles. The zero-order valence-corrected chi connectivity index (χ0v) is 15.4. The highest BCUT2D eigenvalue weighted by atomic mass is 32.2. The van der Waals surface area contributed by atoms with Crippen LogP contribution in [0.5, 0.6) is 0 Å². The molecule has 0 atom stereocenters. The molecule has 132 valence electrons. The van der Waals surface area contributed by atoms with E-state index in [-0.39, 0.29) is 5.91 Å². The average Bonchev–Trinajstić information content (AvgIpc) is 2.92. The van der Waals surface area contributed by atoms with Gasteiger partial charge in [-0.05, 0) is 43.9 Å². The second-order valence-corrected chi connectivity index (χ2v) is 8.97. The number of sulfonamides is 1. The summed E-state index contributed by atoms with van der Waals surface area (Å²) in [5.41, 5.74) is 5.38. The van der Waals surface area contributed by atoms with Crippen molar-refractivity contribution in [2.24, 2.45) is 11.7 Å². The van der Waals surface area contributed by atoms with E-state index in [1.165, 1.54) is 11.3 Å². The van der Waals surface area contributed by atoms with E-state index in [1.807, 2.05) is 13.8 Å². The van der Waals surface area contributed by atoms with Gasteiger partial charge in [0.25, 0.3) is 0 Å². The summed E-state index contributed by atoms with van der Waals surface area (Å²) in [6.07, 6.45) is 2.68. The molecule has 8 heteroatoms. The van der Waals surface area contributed by atoms with Gasteiger partial charge >= 0.3 is 0 Å². The minimum atomic E-state index is -3.44. The van der Waals surface area contributed by atoms with E-state index in [2.05, 4.69) is 10.0 Å². The molecule has 1 amide bonds. The van der Waals surface area contributed by atoms with Crippen molar-refractivity contribution in [3.63, 3.8) is 0 Å². The van der Waals surface area contributed by atoms with Crippen molar-refractivity contribution < 1.29 is 13.2 Å². The molecule has 0 fully saturated rings. The largest absolute Gasteiger partial charge is 0.356 e. The monoisotopic (exact) mass is 361 g/mol. The lowest BCUT2D eigenvalue weighted by atomic mass is 10.1. The lowest BCUT2D eigenvalue weighted by Crippen LogP contribution is -2.26. The van der Waals surface area contributed by atoms with Gasteiger partial charge in [0.05, 0.1) is 0 Å². The number of carbonyl (C=O) groups is 1. The quantitative estimate of drug-likeness (QED) is 0.520. The zero-order chi connectivity index (χ0) is 17.3. The maximum atomic E-state index is 12.1. The molecule has 23 heavy (non-hydrogen) atoms. The van der Waals surface area contributed by atoms with Gasteiger partial charge in [-0.1, -0.05) is 13.8 Å². The Balaban J connectivity index is 2.43. The Morgan fingerprint density at radius 3 is 2.65 bits per heavy atom. The van der Waals surface area contributed by atoms with Gasteiger partial charge in [0.1, 0.15) is 4.21 Å². The predicted molar refractivity (Wildman–Crippen MR) is 94.0 cm³/mol. The van der Waals surface area contributed by atoms with E-state index in [4.69, 9.17) is 5.73 Å². The highest BCUT2D eigenvalue weighted by Gasteiger charge is 2.16. The van der Waals surface area contributed by atoms with Crippen LogP contribution in [0.15, 0.2) is 16.3 Å². The van der Waals surface area contributed by atoms with Gasteiger partial charge in [-0.15, -0.1) is 11.3 Å². The number of thiophene rings is 1. The van der Waals surface area contributed by atoms with Gasteiger partial charge in [-0.3, -0.25) is 4.79 Å². The number of hydrogen-bond donors (Lipinski definition) is 3. The molecular formula is C15H27N3O3S2. The van der Waals surface area contributed by atoms with Crippen LogP contribution < -0.4 is 15.8 Å². The Morgan fingerprint density at radius 2 is 2.00 bits per heavy atom. The molecule has 0 aliphatic heterocycles. The van der Waals surface area contributed by atoms with Crippen molar-refractivity contribution in [3.05, 3.63) is 17.0 Å². The maximum Gasteiger partial charge on any atom is 0.250 e. The first kappa shape index (κ1) is 20.1. The molecule has 1 aromatic heterocycles. The third-order valence-corrected chi connectivity index (χ3v) is 6.21. The van der Waals surface area contributed by atoms with Crippen LogP contribution in [0.25, 0.3) is 0 Å². The molecular weight excluding hydrogens is 334 g/mol. The van der Waals surface area contributed by atoms with Crippen LogP contribution in [0.1, 0.15) is 38.0 Å². The van der Waals surface area contributed by atoms with E-state index in [0.717, 1.165) is 17.7 Å². The maximum absolute atomic E-state index is 12.1. The second kappa shape index (κ2) is 10.0. The summed E-state index contributed by atoms with van der Waals surface area (Å²) in [5.74, 6) is 0.366. The van der Waals surface area contributed by atoms with Gasteiger partial charge < -0.3 is 11.1 Å². The van der Waals surface area contributed by atoms with Crippen molar-refractivity contribution in [2.75, 3.05) is 19.6 Å². The van der Waals surface area contributed by atoms with Gasteiger partial charge in [0.15, 0.2) is 0 Å². The van der Waals surface area contributed by atoms with Crippen LogP contribution in [-0.2, 0) is 21.2 Å². The Hall–Kier alpha value is -0.960. The number of carbonyl (C=O) groups excluding carboxylic acids is 1. The first-order chi connectivity index (χ1) is 10.8. The molecule has 0 unspecified atom stereocenters. The zero-order valence-electron chi connectivity index (χ0n) is 13.8. The summed E-state index contributed by atoms with van der Waals surface area (Å²) < 4.78 is 27.1. The summed E-state index contributed by atoms with van der Waals surface area (Å²) in [6, 6.07) is 3.41. The van der Waals surface area contributed by atoms with E-state index in [1.54, 1.807) is 12.1 Å². The molecule has 0 saturated carbocycles. The van der Waals surface area contributed by atoms with Crippen LogP contribution in [0, 0.1) is 5.92 Å². The molecule has 0 radical (unpaired) electrons. The van der Waals surface area contributed by atoms with Crippen LogP contribution in [-0.4, -0.2) is 34.0 Å². The van der Waals surface area contributed by atoms with E-state index >= 15 is 0 Å². The van der Waals surface area contributed by atoms with Crippen molar-refractivity contribution in [1.82, 2.24) is 10.0 Å². The number of nitrogens with one attached hydrogen (secondary N) is 2. The number of rotatable bonds is 11. The normalized spacial score (nSPS) is 11.8. The van der Waals surface area contributed by atoms with Crippen molar-refractivity contribution >= 4 is 27.3 Å². The summed E-state index contributed by atoms with van der Waals surface area (Å²) in [4.78, 5) is 12.5.